The Bertz CT molecular complexity index is 3070. The molecule has 62 heavy (non-hydrogen) atoms. The van der Waals surface area contributed by atoms with Crippen LogP contribution in [0, 0.1) is 0 Å². The maximum Gasteiger partial charge on any atom is 0.156 e. The topological polar surface area (TPSA) is 24.7 Å². The van der Waals surface area contributed by atoms with E-state index in [0.29, 0.717) is 5.84 Å². The number of nitrogens with zero attached hydrogens (tertiary/aromatic N) is 2. The Morgan fingerprint density at radius 3 is 1.69 bits per heavy atom. The summed E-state index contributed by atoms with van der Waals surface area (Å²) in [5.41, 5.74) is 23.3. The average Bonchev–Trinajstić information content (AvgIpc) is 3.65. The van der Waals surface area contributed by atoms with E-state index in [-0.39, 0.29) is 11.5 Å². The molecule has 0 saturated heterocycles. The maximum absolute atomic E-state index is 5.37. The highest BCUT2D eigenvalue weighted by atomic mass is 15.0. The highest BCUT2D eigenvalue weighted by Crippen LogP contribution is 2.63. The largest absolute Gasteiger partial charge is 0.254 e. The predicted molar refractivity (Wildman–Crippen MR) is 262 cm³/mol. The first kappa shape index (κ1) is 38.8. The molecule has 10 rings (SSSR count). The molecule has 3 aliphatic rings. The fourth-order valence-corrected chi connectivity index (χ4v) is 9.99. The third kappa shape index (κ3) is 6.34. The molecule has 1 heterocycles. The second-order valence-corrected chi connectivity index (χ2v) is 16.9. The van der Waals surface area contributed by atoms with Gasteiger partial charge in [0.2, 0.25) is 0 Å². The molecule has 0 N–H and O–H groups in total. The van der Waals surface area contributed by atoms with Crippen molar-refractivity contribution in [2.45, 2.75) is 39.2 Å². The summed E-state index contributed by atoms with van der Waals surface area (Å²) < 4.78 is 0. The molecule has 7 aromatic rings. The molecule has 2 aliphatic carbocycles. The Labute approximate surface area is 366 Å². The van der Waals surface area contributed by atoms with Crippen LogP contribution in [0.25, 0.3) is 39.0 Å². The summed E-state index contributed by atoms with van der Waals surface area (Å²) in [6.07, 6.45) is 6.49. The van der Waals surface area contributed by atoms with E-state index in [1.807, 2.05) is 13.0 Å². The molecule has 0 aromatic heterocycles. The Kier molecular flexibility index (Phi) is 9.73. The van der Waals surface area contributed by atoms with Gasteiger partial charge in [0.15, 0.2) is 5.84 Å². The summed E-state index contributed by atoms with van der Waals surface area (Å²) in [5.74, 6) is 0.704. The number of rotatable bonds is 8. The fourth-order valence-electron chi connectivity index (χ4n) is 9.99. The number of aliphatic imine (C=N–C) groups is 2. The van der Waals surface area contributed by atoms with Crippen molar-refractivity contribution in [2.24, 2.45) is 9.98 Å². The number of hydrogen-bond donors (Lipinski definition) is 0. The minimum atomic E-state index is -0.380. The second-order valence-electron chi connectivity index (χ2n) is 16.9. The quantitative estimate of drug-likeness (QED) is 0.137. The number of fused-ring (bicyclic) bond motifs is 10. The molecule has 0 bridgehead atoms. The van der Waals surface area contributed by atoms with Gasteiger partial charge in [-0.15, -0.1) is 0 Å². The van der Waals surface area contributed by atoms with Crippen molar-refractivity contribution in [3.63, 3.8) is 0 Å². The smallest absolute Gasteiger partial charge is 0.156 e. The molecule has 0 fully saturated rings. The minimum absolute atomic E-state index is 0.227. The van der Waals surface area contributed by atoms with Crippen LogP contribution in [0.5, 0.6) is 0 Å². The van der Waals surface area contributed by atoms with Crippen LogP contribution in [0.3, 0.4) is 0 Å². The number of hydrogen-bond acceptors (Lipinski definition) is 2. The van der Waals surface area contributed by atoms with E-state index in [2.05, 4.69) is 216 Å². The first-order chi connectivity index (χ1) is 30.2. The van der Waals surface area contributed by atoms with Crippen molar-refractivity contribution in [2.75, 3.05) is 0 Å². The highest BCUT2D eigenvalue weighted by molar-refractivity contribution is 6.17. The number of amidine groups is 1. The van der Waals surface area contributed by atoms with E-state index in [1.165, 1.54) is 61.2 Å². The van der Waals surface area contributed by atoms with Gasteiger partial charge >= 0.3 is 0 Å². The van der Waals surface area contributed by atoms with Gasteiger partial charge in [0.1, 0.15) is 0 Å². The first-order valence-electron chi connectivity index (χ1n) is 21.5. The normalized spacial score (nSPS) is 16.0. The summed E-state index contributed by atoms with van der Waals surface area (Å²) in [6.45, 7) is 16.8. The third-order valence-electron chi connectivity index (χ3n) is 12.9. The van der Waals surface area contributed by atoms with Gasteiger partial charge in [0, 0.05) is 11.1 Å². The van der Waals surface area contributed by atoms with Gasteiger partial charge in [0.05, 0.1) is 17.2 Å². The lowest BCUT2D eigenvalue weighted by Crippen LogP contribution is -2.25. The summed E-state index contributed by atoms with van der Waals surface area (Å²) in [7, 11) is 0. The summed E-state index contributed by atoms with van der Waals surface area (Å²) in [5, 5.41) is 0. The van der Waals surface area contributed by atoms with Crippen LogP contribution >= 0.6 is 0 Å². The molecule has 0 amide bonds. The van der Waals surface area contributed by atoms with Crippen LogP contribution in [0.2, 0.25) is 0 Å². The van der Waals surface area contributed by atoms with Gasteiger partial charge < -0.3 is 0 Å². The minimum Gasteiger partial charge on any atom is -0.254 e. The highest BCUT2D eigenvalue weighted by Gasteiger charge is 2.51. The van der Waals surface area contributed by atoms with Crippen molar-refractivity contribution < 1.29 is 0 Å². The van der Waals surface area contributed by atoms with E-state index in [1.54, 1.807) is 0 Å². The van der Waals surface area contributed by atoms with Gasteiger partial charge in [-0.25, -0.2) is 4.99 Å². The molecule has 0 radical (unpaired) electrons. The zero-order chi connectivity index (χ0) is 42.5. The molecule has 1 aliphatic heterocycles. The Balaban J connectivity index is 1.05. The first-order valence-corrected chi connectivity index (χ1v) is 21.5. The summed E-state index contributed by atoms with van der Waals surface area (Å²) in [6, 6.07) is 61.6. The zero-order valence-corrected chi connectivity index (χ0v) is 35.8. The van der Waals surface area contributed by atoms with E-state index < -0.39 is 0 Å². The van der Waals surface area contributed by atoms with Crippen molar-refractivity contribution in [3.05, 3.63) is 268 Å². The lowest BCUT2D eigenvalue weighted by molar-refractivity contribution is 0.794. The molecule has 298 valence electrons. The van der Waals surface area contributed by atoms with Crippen molar-refractivity contribution in [3.8, 4) is 33.4 Å². The average molecular weight is 797 g/mol. The molecule has 1 atom stereocenters. The van der Waals surface area contributed by atoms with Crippen LogP contribution in [0.1, 0.15) is 78.2 Å². The molecule has 1 spiro atoms. The van der Waals surface area contributed by atoms with Crippen LogP contribution in [0.4, 0.5) is 0 Å². The number of benzene rings is 7. The van der Waals surface area contributed by atoms with Crippen LogP contribution in [0.15, 0.2) is 234 Å². The molecule has 1 unspecified atom stereocenters. The van der Waals surface area contributed by atoms with Gasteiger partial charge in [-0.3, -0.25) is 4.99 Å². The lowest BCUT2D eigenvalue weighted by Gasteiger charge is -2.30. The maximum atomic E-state index is 5.37. The van der Waals surface area contributed by atoms with Crippen molar-refractivity contribution in [1.29, 1.82) is 0 Å². The molecule has 2 heteroatoms. The lowest BCUT2D eigenvalue weighted by atomic mass is 9.70. The SMILES string of the molecule is C=C(C)/C(C)=C\C(C)=C(/C(=C)C)c1ccc(C2C=CC(c3ccccc3)=NC(c3ccc(-c4cccc5c4-c4ccccc4C54c5ccccc5-c5ccccc54)cc3)=N2)cc1. The Morgan fingerprint density at radius 1 is 0.516 bits per heavy atom. The summed E-state index contributed by atoms with van der Waals surface area (Å²) in [4.78, 5) is 10.6. The molecule has 2 nitrogen and oxygen atoms in total. The molecule has 0 saturated carbocycles. The third-order valence-corrected chi connectivity index (χ3v) is 12.9. The Hall–Kier alpha value is -7.42. The van der Waals surface area contributed by atoms with Crippen LogP contribution in [-0.2, 0) is 5.41 Å². The molecular formula is C60H48N2. The van der Waals surface area contributed by atoms with E-state index in [0.717, 1.165) is 50.2 Å². The summed E-state index contributed by atoms with van der Waals surface area (Å²) >= 11 is 0. The van der Waals surface area contributed by atoms with Crippen molar-refractivity contribution >= 4 is 17.1 Å². The predicted octanol–water partition coefficient (Wildman–Crippen LogP) is 15.1. The number of allylic oxidation sites excluding steroid dienone is 7. The van der Waals surface area contributed by atoms with Crippen molar-refractivity contribution in [1.82, 2.24) is 0 Å². The van der Waals surface area contributed by atoms with E-state index >= 15 is 0 Å². The standard InChI is InChI=1S/C60H48N2/c1-38(2)40(5)37-41(6)57(39(3)4)45-31-29-44(30-32-45)56-36-35-55(43-17-8-7-9-18-43)61-59(62-56)46-33-27-42(28-34-46)47-22-16-26-54-58(47)50-21-12-15-25-53(50)60(54)51-23-13-10-19-48(51)49-20-11-14-24-52(49)60/h7-37,56H,1,3H2,2,4-6H3/b40-37-,57-41+. The molecule has 7 aromatic carbocycles. The van der Waals surface area contributed by atoms with Gasteiger partial charge in [-0.05, 0) is 117 Å². The van der Waals surface area contributed by atoms with Crippen LogP contribution < -0.4 is 0 Å². The van der Waals surface area contributed by atoms with E-state index in [9.17, 15) is 0 Å². The van der Waals surface area contributed by atoms with Crippen LogP contribution in [-0.4, -0.2) is 11.5 Å². The fraction of sp³-hybridized carbons (Fsp3) is 0.100. The Morgan fingerprint density at radius 2 is 1.06 bits per heavy atom. The van der Waals surface area contributed by atoms with Gasteiger partial charge in [0.25, 0.3) is 0 Å². The molecular weight excluding hydrogens is 749 g/mol. The zero-order valence-electron chi connectivity index (χ0n) is 35.8. The monoisotopic (exact) mass is 796 g/mol. The van der Waals surface area contributed by atoms with E-state index in [4.69, 9.17) is 9.98 Å². The van der Waals surface area contributed by atoms with Gasteiger partial charge in [-0.1, -0.05) is 206 Å². The van der Waals surface area contributed by atoms with Gasteiger partial charge in [-0.2, -0.15) is 0 Å². The second kappa shape index (κ2) is 15.6.